The van der Waals surface area contributed by atoms with E-state index in [0.717, 1.165) is 27.7 Å². The normalized spacial score (nSPS) is 10.6. The summed E-state index contributed by atoms with van der Waals surface area (Å²) >= 11 is 3.50. The van der Waals surface area contributed by atoms with E-state index in [1.807, 2.05) is 47.0 Å². The molecule has 0 amide bonds. The first-order chi connectivity index (χ1) is 12.6. The van der Waals surface area contributed by atoms with Gasteiger partial charge in [0.1, 0.15) is 0 Å². The van der Waals surface area contributed by atoms with E-state index in [2.05, 4.69) is 39.2 Å². The van der Waals surface area contributed by atoms with E-state index in [-0.39, 0.29) is 5.75 Å². The maximum Gasteiger partial charge on any atom is 0.316 e. The van der Waals surface area contributed by atoms with E-state index in [9.17, 15) is 4.79 Å². The summed E-state index contributed by atoms with van der Waals surface area (Å²) in [7, 11) is 1.47. The van der Waals surface area contributed by atoms with Gasteiger partial charge in [-0.15, -0.1) is 0 Å². The average molecular weight is 414 g/mol. The predicted octanol–water partition coefficient (Wildman–Crippen LogP) is 4.37. The van der Waals surface area contributed by atoms with Crippen LogP contribution in [0.5, 0.6) is 5.75 Å². The van der Waals surface area contributed by atoms with E-state index in [1.165, 1.54) is 7.11 Å². The zero-order chi connectivity index (χ0) is 18.5. The van der Waals surface area contributed by atoms with E-state index in [0.29, 0.717) is 12.5 Å². The SMILES string of the molecule is CCc1ccc(Br)cc1Nc1nc(=O)c(OC)cn1Cc1ccccc1. The van der Waals surface area contributed by atoms with Crippen LogP contribution < -0.4 is 15.6 Å². The topological polar surface area (TPSA) is 56.1 Å². The van der Waals surface area contributed by atoms with Gasteiger partial charge in [0, 0.05) is 10.2 Å². The summed E-state index contributed by atoms with van der Waals surface area (Å²) in [5.74, 6) is 0.698. The molecule has 6 heteroatoms. The Balaban J connectivity index is 2.04. The van der Waals surface area contributed by atoms with Crippen molar-refractivity contribution in [2.75, 3.05) is 12.4 Å². The van der Waals surface area contributed by atoms with E-state index in [4.69, 9.17) is 4.74 Å². The second kappa shape index (κ2) is 8.19. The molecule has 0 atom stereocenters. The quantitative estimate of drug-likeness (QED) is 0.651. The number of rotatable bonds is 6. The highest BCUT2D eigenvalue weighted by Gasteiger charge is 2.11. The summed E-state index contributed by atoms with van der Waals surface area (Å²) in [6.45, 7) is 2.66. The van der Waals surface area contributed by atoms with Crippen LogP contribution in [-0.4, -0.2) is 16.7 Å². The summed E-state index contributed by atoms with van der Waals surface area (Å²) in [6.07, 6.45) is 2.56. The molecule has 1 heterocycles. The Labute approximate surface area is 160 Å². The molecule has 0 aliphatic rings. The summed E-state index contributed by atoms with van der Waals surface area (Å²) < 4.78 is 8.01. The Morgan fingerprint density at radius 2 is 1.96 bits per heavy atom. The molecule has 1 aromatic heterocycles. The van der Waals surface area contributed by atoms with E-state index < -0.39 is 5.56 Å². The maximum atomic E-state index is 12.2. The summed E-state index contributed by atoms with van der Waals surface area (Å²) in [5.41, 5.74) is 2.77. The molecule has 0 unspecified atom stereocenters. The lowest BCUT2D eigenvalue weighted by atomic mass is 10.1. The molecular weight excluding hydrogens is 394 g/mol. The Hall–Kier alpha value is -2.60. The number of hydrogen-bond donors (Lipinski definition) is 1. The Morgan fingerprint density at radius 3 is 2.65 bits per heavy atom. The molecule has 0 radical (unpaired) electrons. The highest BCUT2D eigenvalue weighted by atomic mass is 79.9. The fourth-order valence-corrected chi connectivity index (χ4v) is 3.07. The van der Waals surface area contributed by atoms with Gasteiger partial charge in [0.25, 0.3) is 0 Å². The summed E-state index contributed by atoms with van der Waals surface area (Å²) in [4.78, 5) is 16.4. The van der Waals surface area contributed by atoms with Crippen LogP contribution in [0.3, 0.4) is 0 Å². The third-order valence-electron chi connectivity index (χ3n) is 4.08. The molecule has 2 aromatic carbocycles. The minimum absolute atomic E-state index is 0.219. The zero-order valence-electron chi connectivity index (χ0n) is 14.7. The third kappa shape index (κ3) is 4.14. The monoisotopic (exact) mass is 413 g/mol. The van der Waals surface area contributed by atoms with Crippen molar-refractivity contribution in [2.45, 2.75) is 19.9 Å². The van der Waals surface area contributed by atoms with Crippen LogP contribution in [0.4, 0.5) is 11.6 Å². The van der Waals surface area contributed by atoms with Crippen LogP contribution in [0.25, 0.3) is 0 Å². The molecule has 0 spiro atoms. The fourth-order valence-electron chi connectivity index (χ4n) is 2.71. The van der Waals surface area contributed by atoms with Crippen LogP contribution in [0.1, 0.15) is 18.1 Å². The molecule has 0 saturated heterocycles. The van der Waals surface area contributed by atoms with Crippen molar-refractivity contribution in [1.29, 1.82) is 0 Å². The largest absolute Gasteiger partial charge is 0.490 e. The minimum Gasteiger partial charge on any atom is -0.490 e. The third-order valence-corrected chi connectivity index (χ3v) is 4.57. The molecule has 0 aliphatic carbocycles. The smallest absolute Gasteiger partial charge is 0.316 e. The summed E-state index contributed by atoms with van der Waals surface area (Å²) in [6, 6.07) is 16.1. The minimum atomic E-state index is -0.396. The first kappa shape index (κ1) is 18.2. The molecule has 3 aromatic rings. The van der Waals surface area contributed by atoms with Gasteiger partial charge in [0.15, 0.2) is 0 Å². The van der Waals surface area contributed by atoms with Crippen molar-refractivity contribution in [2.24, 2.45) is 0 Å². The van der Waals surface area contributed by atoms with Gasteiger partial charge in [-0.3, -0.25) is 4.79 Å². The molecule has 0 aliphatic heterocycles. The maximum absolute atomic E-state index is 12.2. The van der Waals surface area contributed by atoms with Crippen molar-refractivity contribution in [3.8, 4) is 5.75 Å². The van der Waals surface area contributed by atoms with E-state index >= 15 is 0 Å². The molecule has 26 heavy (non-hydrogen) atoms. The molecule has 3 rings (SSSR count). The van der Waals surface area contributed by atoms with E-state index in [1.54, 1.807) is 6.20 Å². The van der Waals surface area contributed by atoms with Crippen molar-refractivity contribution in [3.63, 3.8) is 0 Å². The van der Waals surface area contributed by atoms with Gasteiger partial charge >= 0.3 is 5.56 Å². The van der Waals surface area contributed by atoms with Crippen LogP contribution in [0.2, 0.25) is 0 Å². The van der Waals surface area contributed by atoms with Crippen LogP contribution in [-0.2, 0) is 13.0 Å². The van der Waals surface area contributed by atoms with Crippen LogP contribution >= 0.6 is 15.9 Å². The number of benzene rings is 2. The van der Waals surface area contributed by atoms with Crippen LogP contribution in [0, 0.1) is 0 Å². The first-order valence-electron chi connectivity index (χ1n) is 8.35. The fraction of sp³-hybridized carbons (Fsp3) is 0.200. The second-order valence-corrected chi connectivity index (χ2v) is 6.75. The number of halogens is 1. The van der Waals surface area contributed by atoms with Gasteiger partial charge in [0.2, 0.25) is 11.7 Å². The predicted molar refractivity (Wildman–Crippen MR) is 107 cm³/mol. The molecule has 0 fully saturated rings. The Bertz CT molecular complexity index is 955. The number of aromatic nitrogens is 2. The molecule has 5 nitrogen and oxygen atoms in total. The lowest BCUT2D eigenvalue weighted by molar-refractivity contribution is 0.402. The standard InChI is InChI=1S/C20H20BrN3O2/c1-3-15-9-10-16(21)11-17(15)22-20-23-19(25)18(26-2)13-24(20)12-14-7-5-4-6-8-14/h4-11,13H,3,12H2,1-2H3,(H,22,23,25). The summed E-state index contributed by atoms with van der Waals surface area (Å²) in [5, 5.41) is 3.31. The molecule has 0 saturated carbocycles. The number of methoxy groups -OCH3 is 1. The van der Waals surface area contributed by atoms with Gasteiger partial charge < -0.3 is 14.6 Å². The number of nitrogens with zero attached hydrogens (tertiary/aromatic N) is 2. The average Bonchev–Trinajstić information content (AvgIpc) is 2.65. The number of anilines is 2. The van der Waals surface area contributed by atoms with Crippen molar-refractivity contribution >= 4 is 27.6 Å². The molecular formula is C20H20BrN3O2. The number of nitrogens with one attached hydrogen (secondary N) is 1. The zero-order valence-corrected chi connectivity index (χ0v) is 16.3. The number of ether oxygens (including phenoxy) is 1. The lowest BCUT2D eigenvalue weighted by Crippen LogP contribution is -2.19. The Kier molecular flexibility index (Phi) is 5.73. The molecule has 1 N–H and O–H groups in total. The van der Waals surface area contributed by atoms with Crippen molar-refractivity contribution < 1.29 is 4.74 Å². The van der Waals surface area contributed by atoms with Gasteiger partial charge in [-0.1, -0.05) is 59.3 Å². The van der Waals surface area contributed by atoms with Gasteiger partial charge in [-0.05, 0) is 29.7 Å². The second-order valence-electron chi connectivity index (χ2n) is 5.83. The van der Waals surface area contributed by atoms with Gasteiger partial charge in [0.05, 0.1) is 19.9 Å². The van der Waals surface area contributed by atoms with Crippen molar-refractivity contribution in [1.82, 2.24) is 9.55 Å². The first-order valence-corrected chi connectivity index (χ1v) is 9.15. The highest BCUT2D eigenvalue weighted by Crippen LogP contribution is 2.25. The van der Waals surface area contributed by atoms with Crippen LogP contribution in [0.15, 0.2) is 64.0 Å². The lowest BCUT2D eigenvalue weighted by Gasteiger charge is -2.17. The molecule has 0 bridgehead atoms. The molecule has 134 valence electrons. The highest BCUT2D eigenvalue weighted by molar-refractivity contribution is 9.10. The van der Waals surface area contributed by atoms with Gasteiger partial charge in [-0.2, -0.15) is 4.98 Å². The number of aryl methyl sites for hydroxylation is 1. The number of hydrogen-bond acceptors (Lipinski definition) is 4. The van der Waals surface area contributed by atoms with Crippen molar-refractivity contribution in [3.05, 3.63) is 80.7 Å². The Morgan fingerprint density at radius 1 is 1.19 bits per heavy atom. The van der Waals surface area contributed by atoms with Gasteiger partial charge in [-0.25, -0.2) is 0 Å².